The molecule has 0 spiro atoms. The Morgan fingerprint density at radius 1 is 0.844 bits per heavy atom. The zero-order chi connectivity index (χ0) is 22.8. The SMILES string of the molecule is CCC(=O)c1ccc(OCC(=O)Nc2ccccc2C(=O)NCCc2ccccc2)cc1. The van der Waals surface area contributed by atoms with Crippen molar-refractivity contribution in [1.29, 1.82) is 0 Å². The Balaban J connectivity index is 1.52. The molecular formula is C26H26N2O4. The minimum atomic E-state index is -0.386. The zero-order valence-electron chi connectivity index (χ0n) is 18.0. The van der Waals surface area contributed by atoms with Crippen LogP contribution in [0.3, 0.4) is 0 Å². The van der Waals surface area contributed by atoms with Gasteiger partial charge in [-0.25, -0.2) is 0 Å². The molecule has 3 rings (SSSR count). The van der Waals surface area contributed by atoms with E-state index in [1.165, 1.54) is 0 Å². The molecular weight excluding hydrogens is 404 g/mol. The lowest BCUT2D eigenvalue weighted by Crippen LogP contribution is -2.28. The van der Waals surface area contributed by atoms with Gasteiger partial charge in [-0.1, -0.05) is 49.4 Å². The van der Waals surface area contributed by atoms with E-state index in [9.17, 15) is 14.4 Å². The highest BCUT2D eigenvalue weighted by atomic mass is 16.5. The van der Waals surface area contributed by atoms with Crippen molar-refractivity contribution in [3.63, 3.8) is 0 Å². The molecule has 0 aliphatic heterocycles. The second kappa shape index (κ2) is 11.5. The van der Waals surface area contributed by atoms with Crippen LogP contribution in [0.5, 0.6) is 5.75 Å². The van der Waals surface area contributed by atoms with Crippen molar-refractivity contribution in [2.24, 2.45) is 0 Å². The third kappa shape index (κ3) is 6.54. The molecule has 0 aromatic heterocycles. The Morgan fingerprint density at radius 3 is 2.25 bits per heavy atom. The van der Waals surface area contributed by atoms with Gasteiger partial charge in [0, 0.05) is 18.5 Å². The third-order valence-electron chi connectivity index (χ3n) is 4.86. The van der Waals surface area contributed by atoms with Gasteiger partial charge in [0.25, 0.3) is 11.8 Å². The van der Waals surface area contributed by atoms with Crippen molar-refractivity contribution in [3.05, 3.63) is 95.6 Å². The summed E-state index contributed by atoms with van der Waals surface area (Å²) in [5.74, 6) is -0.107. The Morgan fingerprint density at radius 2 is 1.53 bits per heavy atom. The Bertz CT molecular complexity index is 1060. The van der Waals surface area contributed by atoms with Gasteiger partial charge in [0.2, 0.25) is 0 Å². The van der Waals surface area contributed by atoms with Gasteiger partial charge in [-0.3, -0.25) is 14.4 Å². The Labute approximate surface area is 187 Å². The summed E-state index contributed by atoms with van der Waals surface area (Å²) < 4.78 is 5.50. The second-order valence-electron chi connectivity index (χ2n) is 7.18. The molecule has 0 bridgehead atoms. The summed E-state index contributed by atoms with van der Waals surface area (Å²) in [6, 6.07) is 23.4. The Kier molecular flexibility index (Phi) is 8.15. The van der Waals surface area contributed by atoms with Gasteiger partial charge in [-0.05, 0) is 48.4 Å². The molecule has 3 aromatic rings. The normalized spacial score (nSPS) is 10.3. The molecule has 6 nitrogen and oxygen atoms in total. The number of carbonyl (C=O) groups is 3. The molecule has 0 atom stereocenters. The Hall–Kier alpha value is -3.93. The minimum Gasteiger partial charge on any atom is -0.484 e. The van der Waals surface area contributed by atoms with Crippen LogP contribution in [0.2, 0.25) is 0 Å². The van der Waals surface area contributed by atoms with Crippen LogP contribution < -0.4 is 15.4 Å². The van der Waals surface area contributed by atoms with Crippen molar-refractivity contribution >= 4 is 23.3 Å². The molecule has 0 heterocycles. The molecule has 2 amide bonds. The average Bonchev–Trinajstić information content (AvgIpc) is 2.83. The number of rotatable bonds is 10. The molecule has 0 radical (unpaired) electrons. The topological polar surface area (TPSA) is 84.5 Å². The number of amides is 2. The number of Topliss-reactive ketones (excluding diaryl/α,β-unsaturated/α-hetero) is 1. The van der Waals surface area contributed by atoms with Gasteiger partial charge in [-0.15, -0.1) is 0 Å². The highest BCUT2D eigenvalue weighted by molar-refractivity contribution is 6.04. The predicted octanol–water partition coefficient (Wildman–Crippen LogP) is 4.27. The van der Waals surface area contributed by atoms with E-state index in [2.05, 4.69) is 10.6 Å². The average molecular weight is 431 g/mol. The van der Waals surface area contributed by atoms with Crippen molar-refractivity contribution in [2.75, 3.05) is 18.5 Å². The van der Waals surface area contributed by atoms with E-state index in [1.807, 2.05) is 30.3 Å². The fourth-order valence-electron chi connectivity index (χ4n) is 3.13. The van der Waals surface area contributed by atoms with Gasteiger partial charge >= 0.3 is 0 Å². The lowest BCUT2D eigenvalue weighted by Gasteiger charge is -2.12. The third-order valence-corrected chi connectivity index (χ3v) is 4.86. The van der Waals surface area contributed by atoms with E-state index in [0.29, 0.717) is 35.5 Å². The highest BCUT2D eigenvalue weighted by Crippen LogP contribution is 2.16. The summed E-state index contributed by atoms with van der Waals surface area (Å²) in [5.41, 5.74) is 2.55. The molecule has 6 heteroatoms. The fraction of sp³-hybridized carbons (Fsp3) is 0.192. The van der Waals surface area contributed by atoms with Crippen molar-refractivity contribution < 1.29 is 19.1 Å². The van der Waals surface area contributed by atoms with E-state index in [-0.39, 0.29) is 24.2 Å². The van der Waals surface area contributed by atoms with Crippen LogP contribution in [0.4, 0.5) is 5.69 Å². The lowest BCUT2D eigenvalue weighted by molar-refractivity contribution is -0.118. The maximum atomic E-state index is 12.6. The van der Waals surface area contributed by atoms with Crippen LogP contribution in [-0.4, -0.2) is 30.7 Å². The van der Waals surface area contributed by atoms with E-state index >= 15 is 0 Å². The van der Waals surface area contributed by atoms with Gasteiger partial charge < -0.3 is 15.4 Å². The number of para-hydroxylation sites is 1. The summed E-state index contributed by atoms with van der Waals surface area (Å²) in [5, 5.41) is 5.62. The van der Waals surface area contributed by atoms with E-state index < -0.39 is 0 Å². The molecule has 0 saturated heterocycles. The van der Waals surface area contributed by atoms with Crippen LogP contribution >= 0.6 is 0 Å². The zero-order valence-corrected chi connectivity index (χ0v) is 18.0. The van der Waals surface area contributed by atoms with Crippen molar-refractivity contribution in [1.82, 2.24) is 5.32 Å². The first-order valence-electron chi connectivity index (χ1n) is 10.5. The molecule has 0 saturated carbocycles. The van der Waals surface area contributed by atoms with Gasteiger partial charge in [-0.2, -0.15) is 0 Å². The van der Waals surface area contributed by atoms with E-state index in [0.717, 1.165) is 12.0 Å². The van der Waals surface area contributed by atoms with Crippen LogP contribution in [0.25, 0.3) is 0 Å². The first-order valence-corrected chi connectivity index (χ1v) is 10.5. The summed E-state index contributed by atoms with van der Waals surface area (Å²) in [6.45, 7) is 2.08. The van der Waals surface area contributed by atoms with Gasteiger partial charge in [0.05, 0.1) is 11.3 Å². The summed E-state index contributed by atoms with van der Waals surface area (Å²) >= 11 is 0. The maximum absolute atomic E-state index is 12.6. The number of carbonyl (C=O) groups excluding carboxylic acids is 3. The minimum absolute atomic E-state index is 0.0490. The van der Waals surface area contributed by atoms with Gasteiger partial charge in [0.1, 0.15) is 5.75 Å². The monoisotopic (exact) mass is 430 g/mol. The largest absolute Gasteiger partial charge is 0.484 e. The fourth-order valence-corrected chi connectivity index (χ4v) is 3.13. The number of ketones is 1. The molecule has 0 unspecified atom stereocenters. The van der Waals surface area contributed by atoms with Crippen molar-refractivity contribution in [2.45, 2.75) is 19.8 Å². The molecule has 0 fully saturated rings. The van der Waals surface area contributed by atoms with Crippen LogP contribution in [-0.2, 0) is 11.2 Å². The maximum Gasteiger partial charge on any atom is 0.262 e. The smallest absolute Gasteiger partial charge is 0.262 e. The van der Waals surface area contributed by atoms with Crippen LogP contribution in [0.15, 0.2) is 78.9 Å². The summed E-state index contributed by atoms with van der Waals surface area (Å²) in [4.78, 5) is 36.6. The summed E-state index contributed by atoms with van der Waals surface area (Å²) in [6.07, 6.45) is 1.15. The molecule has 0 aliphatic rings. The number of ether oxygens (including phenoxy) is 1. The first-order chi connectivity index (χ1) is 15.6. The lowest BCUT2D eigenvalue weighted by atomic mass is 10.1. The van der Waals surface area contributed by atoms with Gasteiger partial charge in [0.15, 0.2) is 12.4 Å². The molecule has 164 valence electrons. The number of anilines is 1. The number of hydrogen-bond acceptors (Lipinski definition) is 4. The molecule has 32 heavy (non-hydrogen) atoms. The molecule has 0 aliphatic carbocycles. The standard InChI is InChI=1S/C26H26N2O4/c1-2-24(29)20-12-14-21(15-13-20)32-18-25(30)28-23-11-7-6-10-22(23)26(31)27-17-16-19-8-4-3-5-9-19/h3-15H,2,16-18H2,1H3,(H,27,31)(H,28,30). The molecule has 3 aromatic carbocycles. The first kappa shape index (κ1) is 22.7. The second-order valence-corrected chi connectivity index (χ2v) is 7.18. The van der Waals surface area contributed by atoms with Crippen LogP contribution in [0, 0.1) is 0 Å². The number of benzene rings is 3. The van der Waals surface area contributed by atoms with Crippen molar-refractivity contribution in [3.8, 4) is 5.75 Å². The van der Waals surface area contributed by atoms with E-state index in [4.69, 9.17) is 4.74 Å². The number of nitrogens with one attached hydrogen (secondary N) is 2. The summed E-state index contributed by atoms with van der Waals surface area (Å²) in [7, 11) is 0. The number of hydrogen-bond donors (Lipinski definition) is 2. The predicted molar refractivity (Wildman–Crippen MR) is 124 cm³/mol. The highest BCUT2D eigenvalue weighted by Gasteiger charge is 2.13. The molecule has 2 N–H and O–H groups in total. The quantitative estimate of drug-likeness (QED) is 0.471. The van der Waals surface area contributed by atoms with Crippen LogP contribution in [0.1, 0.15) is 39.6 Å². The van der Waals surface area contributed by atoms with E-state index in [1.54, 1.807) is 55.5 Å².